The van der Waals surface area contributed by atoms with Crippen molar-refractivity contribution < 1.29 is 10.2 Å². The molecule has 2 nitrogen and oxygen atoms in total. The molecule has 0 saturated heterocycles. The second-order valence-corrected chi connectivity index (χ2v) is 10.9. The average molecular weight is 439 g/mol. The molecule has 0 aromatic carbocycles. The third-order valence-electron chi connectivity index (χ3n) is 9.07. The lowest BCUT2D eigenvalue weighted by Gasteiger charge is -2.44. The van der Waals surface area contributed by atoms with E-state index in [2.05, 4.69) is 44.7 Å². The van der Waals surface area contributed by atoms with Gasteiger partial charge in [-0.1, -0.05) is 76.3 Å². The average Bonchev–Trinajstić information content (AvgIpc) is 3.15. The Morgan fingerprint density at radius 2 is 1.84 bits per heavy atom. The number of aliphatic hydroxyl groups excluding tert-OH is 1. The molecule has 3 saturated carbocycles. The van der Waals surface area contributed by atoms with Gasteiger partial charge in [-0.2, -0.15) is 0 Å². The van der Waals surface area contributed by atoms with Crippen LogP contribution < -0.4 is 0 Å². The zero-order valence-corrected chi connectivity index (χ0v) is 20.9. The maximum atomic E-state index is 10.5. The number of rotatable bonds is 7. The van der Waals surface area contributed by atoms with Crippen LogP contribution in [0.3, 0.4) is 0 Å². The highest BCUT2D eigenvalue weighted by Crippen LogP contribution is 2.59. The molecule has 0 amide bonds. The van der Waals surface area contributed by atoms with Gasteiger partial charge in [0, 0.05) is 0 Å². The number of fused-ring (bicyclic) bond motifs is 1. The Bertz CT molecular complexity index is 779. The van der Waals surface area contributed by atoms with Crippen molar-refractivity contribution in [2.75, 3.05) is 0 Å². The molecule has 3 rings (SSSR count). The van der Waals surface area contributed by atoms with Crippen LogP contribution in [0.5, 0.6) is 0 Å². The predicted molar refractivity (Wildman–Crippen MR) is 136 cm³/mol. The Morgan fingerprint density at radius 1 is 1.09 bits per heavy atom. The summed E-state index contributed by atoms with van der Waals surface area (Å²) >= 11 is 0. The Morgan fingerprint density at radius 3 is 2.56 bits per heavy atom. The number of allylic oxidation sites excluding steroid dienone is 6. The first-order valence-corrected chi connectivity index (χ1v) is 13.1. The van der Waals surface area contributed by atoms with Crippen molar-refractivity contribution >= 4 is 0 Å². The van der Waals surface area contributed by atoms with E-state index in [-0.39, 0.29) is 6.10 Å². The summed E-state index contributed by atoms with van der Waals surface area (Å²) in [4.78, 5) is 0. The Kier molecular flexibility index (Phi) is 8.44. The second kappa shape index (κ2) is 10.7. The fourth-order valence-electron chi connectivity index (χ4n) is 6.67. The fourth-order valence-corrected chi connectivity index (χ4v) is 6.67. The molecule has 32 heavy (non-hydrogen) atoms. The molecule has 2 N–H and O–H groups in total. The summed E-state index contributed by atoms with van der Waals surface area (Å²) in [5.41, 5.74) is 3.50. The molecular weight excluding hydrogens is 392 g/mol. The van der Waals surface area contributed by atoms with Gasteiger partial charge < -0.3 is 10.2 Å². The lowest BCUT2D eigenvalue weighted by atomic mass is 9.61. The minimum Gasteiger partial charge on any atom is -0.388 e. The lowest BCUT2D eigenvalue weighted by Crippen LogP contribution is -2.35. The molecule has 2 heteroatoms. The van der Waals surface area contributed by atoms with Crippen LogP contribution in [0.2, 0.25) is 0 Å². The van der Waals surface area contributed by atoms with Crippen LogP contribution in [0.4, 0.5) is 0 Å². The van der Waals surface area contributed by atoms with Crippen LogP contribution in [0.15, 0.2) is 59.8 Å². The molecule has 4 unspecified atom stereocenters. The first-order chi connectivity index (χ1) is 15.2. The molecule has 0 radical (unpaired) electrons. The van der Waals surface area contributed by atoms with E-state index in [1.165, 1.54) is 37.7 Å². The smallest absolute Gasteiger partial charge is 0.0825 e. The maximum absolute atomic E-state index is 10.5. The van der Waals surface area contributed by atoms with E-state index in [1.54, 1.807) is 5.57 Å². The molecule has 0 aromatic rings. The summed E-state index contributed by atoms with van der Waals surface area (Å²) in [5, 5.41) is 20.6. The van der Waals surface area contributed by atoms with Crippen molar-refractivity contribution in [2.45, 2.75) is 104 Å². The molecule has 0 heterocycles. The first-order valence-electron chi connectivity index (χ1n) is 13.1. The summed E-state index contributed by atoms with van der Waals surface area (Å²) in [5.74, 6) is 1.92. The highest BCUT2D eigenvalue weighted by Gasteiger charge is 2.50. The van der Waals surface area contributed by atoms with Crippen LogP contribution in [0, 0.1) is 23.2 Å². The van der Waals surface area contributed by atoms with E-state index >= 15 is 0 Å². The van der Waals surface area contributed by atoms with Gasteiger partial charge in [-0.3, -0.25) is 0 Å². The molecular formula is C30H46O2. The predicted octanol–water partition coefficient (Wildman–Crippen LogP) is 7.46. The van der Waals surface area contributed by atoms with Gasteiger partial charge in [-0.25, -0.2) is 0 Å². The van der Waals surface area contributed by atoms with Crippen LogP contribution in [-0.2, 0) is 0 Å². The zero-order chi connectivity index (χ0) is 23.4. The van der Waals surface area contributed by atoms with Gasteiger partial charge in [-0.15, -0.1) is 0 Å². The van der Waals surface area contributed by atoms with E-state index in [1.807, 2.05) is 26.0 Å². The van der Waals surface area contributed by atoms with E-state index in [0.29, 0.717) is 23.2 Å². The summed E-state index contributed by atoms with van der Waals surface area (Å²) < 4.78 is 0. The van der Waals surface area contributed by atoms with Crippen molar-refractivity contribution in [3.8, 4) is 0 Å². The minimum atomic E-state index is -0.671. The fraction of sp³-hybridized carbons (Fsp3) is 0.667. The maximum Gasteiger partial charge on any atom is 0.0825 e. The van der Waals surface area contributed by atoms with Crippen molar-refractivity contribution in [3.05, 3.63) is 59.8 Å². The summed E-state index contributed by atoms with van der Waals surface area (Å²) in [6, 6.07) is 0. The van der Waals surface area contributed by atoms with Gasteiger partial charge in [0.1, 0.15) is 0 Å². The van der Waals surface area contributed by atoms with E-state index < -0.39 is 5.60 Å². The monoisotopic (exact) mass is 438 g/mol. The molecule has 3 aliphatic rings. The summed E-state index contributed by atoms with van der Waals surface area (Å²) in [6.45, 7) is 13.1. The van der Waals surface area contributed by atoms with Gasteiger partial charge in [0.25, 0.3) is 0 Å². The Hall–Kier alpha value is -1.38. The highest BCUT2D eigenvalue weighted by molar-refractivity contribution is 5.37. The zero-order valence-electron chi connectivity index (χ0n) is 20.9. The molecule has 0 bridgehead atoms. The molecule has 5 atom stereocenters. The molecule has 0 aromatic heterocycles. The van der Waals surface area contributed by atoms with Crippen molar-refractivity contribution in [2.24, 2.45) is 23.2 Å². The largest absolute Gasteiger partial charge is 0.388 e. The number of aliphatic hydroxyl groups is 2. The normalized spacial score (nSPS) is 35.3. The summed E-state index contributed by atoms with van der Waals surface area (Å²) in [6.07, 6.45) is 23.7. The standard InChI is InChI=1S/C30H46O2/c1-6-30(32,7-2)21-9-8-12-22(3)26-18-19-27-25(14-11-20-29(26,27)5)17-16-24-13-10-15-28(31)23(24)4/h8-9,12,16-17,21-22,26-28,31-32H,4,6-7,10-11,13-15,18-20H2,1-3,5H3/b12-8+,21-9+,24-16-,25-17+/t22-,26?,27?,28?,29?/m1/s1. The van der Waals surface area contributed by atoms with Gasteiger partial charge >= 0.3 is 0 Å². The molecule has 178 valence electrons. The number of hydrogen-bond acceptors (Lipinski definition) is 2. The Balaban J connectivity index is 1.70. The van der Waals surface area contributed by atoms with Crippen molar-refractivity contribution in [1.29, 1.82) is 0 Å². The minimum absolute atomic E-state index is 0.354. The molecule has 3 fully saturated rings. The molecule has 3 aliphatic carbocycles. The van der Waals surface area contributed by atoms with Crippen LogP contribution >= 0.6 is 0 Å². The lowest BCUT2D eigenvalue weighted by molar-refractivity contribution is 0.0828. The third-order valence-corrected chi connectivity index (χ3v) is 9.07. The second-order valence-electron chi connectivity index (χ2n) is 10.9. The van der Waals surface area contributed by atoms with E-state index in [4.69, 9.17) is 0 Å². The Labute approximate surface area is 196 Å². The van der Waals surface area contributed by atoms with Gasteiger partial charge in [0.2, 0.25) is 0 Å². The van der Waals surface area contributed by atoms with E-state index in [9.17, 15) is 10.2 Å². The quantitative estimate of drug-likeness (QED) is 0.405. The SMILES string of the molecule is C=C1/C(=C\C=C2/CCCC3(C)C2CCC3[C@H](C)/C=C/C=C/C(O)(CC)CC)CCCC1O. The topological polar surface area (TPSA) is 40.5 Å². The van der Waals surface area contributed by atoms with Gasteiger partial charge in [0.15, 0.2) is 0 Å². The van der Waals surface area contributed by atoms with Crippen LogP contribution in [0.1, 0.15) is 91.9 Å². The van der Waals surface area contributed by atoms with Gasteiger partial charge in [0.05, 0.1) is 11.7 Å². The van der Waals surface area contributed by atoms with E-state index in [0.717, 1.165) is 37.7 Å². The van der Waals surface area contributed by atoms with Crippen LogP contribution in [0.25, 0.3) is 0 Å². The van der Waals surface area contributed by atoms with Crippen LogP contribution in [-0.4, -0.2) is 21.9 Å². The van der Waals surface area contributed by atoms with Gasteiger partial charge in [-0.05, 0) is 98.5 Å². The third kappa shape index (κ3) is 5.39. The number of hydrogen-bond donors (Lipinski definition) is 2. The van der Waals surface area contributed by atoms with Crippen molar-refractivity contribution in [1.82, 2.24) is 0 Å². The van der Waals surface area contributed by atoms with Crippen molar-refractivity contribution in [3.63, 3.8) is 0 Å². The molecule has 0 spiro atoms. The summed E-state index contributed by atoms with van der Waals surface area (Å²) in [7, 11) is 0. The molecule has 0 aliphatic heterocycles. The first kappa shape index (κ1) is 25.2. The highest BCUT2D eigenvalue weighted by atomic mass is 16.3.